The number of hydrogen-bond donors (Lipinski definition) is 0. The molecule has 0 spiro atoms. The van der Waals surface area contributed by atoms with E-state index in [-0.39, 0.29) is 11.8 Å². The average Bonchev–Trinajstić information content (AvgIpc) is 2.69. The van der Waals surface area contributed by atoms with Crippen molar-refractivity contribution in [2.45, 2.75) is 13.3 Å². The van der Waals surface area contributed by atoms with Crippen LogP contribution >= 0.6 is 15.9 Å². The summed E-state index contributed by atoms with van der Waals surface area (Å²) in [6, 6.07) is 15.0. The van der Waals surface area contributed by atoms with Gasteiger partial charge in [0.05, 0.1) is 13.0 Å². The Morgan fingerprint density at radius 3 is 2.30 bits per heavy atom. The van der Waals surface area contributed by atoms with Crippen LogP contribution in [-0.2, 0) is 11.2 Å². The highest BCUT2D eigenvalue weighted by Crippen LogP contribution is 2.16. The molecule has 0 saturated carbocycles. The predicted molar refractivity (Wildman–Crippen MR) is 108 cm³/mol. The van der Waals surface area contributed by atoms with E-state index in [0.717, 1.165) is 15.8 Å². The molecule has 27 heavy (non-hydrogen) atoms. The average molecular weight is 431 g/mol. The Labute approximate surface area is 168 Å². The van der Waals surface area contributed by atoms with Gasteiger partial charge in [-0.3, -0.25) is 9.59 Å². The fraction of sp³-hybridized carbons (Fsp3) is 0.333. The maximum atomic E-state index is 12.6. The first-order chi connectivity index (χ1) is 13.1. The van der Waals surface area contributed by atoms with Crippen LogP contribution in [0.4, 0.5) is 0 Å². The lowest BCUT2D eigenvalue weighted by molar-refractivity contribution is -0.131. The first-order valence-electron chi connectivity index (χ1n) is 9.11. The van der Waals surface area contributed by atoms with Crippen LogP contribution in [-0.4, -0.2) is 54.4 Å². The number of benzene rings is 2. The van der Waals surface area contributed by atoms with E-state index >= 15 is 0 Å². The lowest BCUT2D eigenvalue weighted by atomic mass is 10.1. The summed E-state index contributed by atoms with van der Waals surface area (Å²) in [5, 5.41) is 0. The molecule has 1 aliphatic heterocycles. The molecule has 5 nitrogen and oxygen atoms in total. The summed E-state index contributed by atoms with van der Waals surface area (Å²) < 4.78 is 6.31. The van der Waals surface area contributed by atoms with Gasteiger partial charge in [0.25, 0.3) is 5.91 Å². The molecule has 3 rings (SSSR count). The van der Waals surface area contributed by atoms with Crippen molar-refractivity contribution in [2.75, 3.05) is 32.8 Å². The zero-order valence-corrected chi connectivity index (χ0v) is 16.9. The highest BCUT2D eigenvalue weighted by atomic mass is 79.9. The van der Waals surface area contributed by atoms with Gasteiger partial charge in [-0.2, -0.15) is 0 Å². The second kappa shape index (κ2) is 9.04. The molecule has 1 heterocycles. The van der Waals surface area contributed by atoms with Gasteiger partial charge in [-0.05, 0) is 42.8 Å². The van der Waals surface area contributed by atoms with Gasteiger partial charge in [0, 0.05) is 36.2 Å². The van der Waals surface area contributed by atoms with Crippen LogP contribution in [0.3, 0.4) is 0 Å². The molecule has 1 aliphatic rings. The van der Waals surface area contributed by atoms with Crippen LogP contribution in [0, 0.1) is 0 Å². The monoisotopic (exact) mass is 430 g/mol. The van der Waals surface area contributed by atoms with E-state index in [4.69, 9.17) is 4.74 Å². The van der Waals surface area contributed by atoms with E-state index in [1.807, 2.05) is 65.3 Å². The Kier molecular flexibility index (Phi) is 6.50. The van der Waals surface area contributed by atoms with Crippen LogP contribution < -0.4 is 4.74 Å². The van der Waals surface area contributed by atoms with Crippen LogP contribution in [0.5, 0.6) is 5.75 Å². The van der Waals surface area contributed by atoms with Gasteiger partial charge < -0.3 is 14.5 Å². The van der Waals surface area contributed by atoms with E-state index in [2.05, 4.69) is 15.9 Å². The van der Waals surface area contributed by atoms with E-state index in [1.165, 1.54) is 0 Å². The number of carbonyl (C=O) groups is 2. The lowest BCUT2D eigenvalue weighted by Gasteiger charge is -2.35. The number of ether oxygens (including phenoxy) is 1. The smallest absolute Gasteiger partial charge is 0.254 e. The van der Waals surface area contributed by atoms with Crippen molar-refractivity contribution in [3.05, 3.63) is 64.1 Å². The summed E-state index contributed by atoms with van der Waals surface area (Å²) in [5.41, 5.74) is 1.63. The molecule has 1 saturated heterocycles. The Morgan fingerprint density at radius 1 is 1.00 bits per heavy atom. The van der Waals surface area contributed by atoms with Gasteiger partial charge in [0.2, 0.25) is 5.91 Å². The molecule has 2 aromatic carbocycles. The summed E-state index contributed by atoms with van der Waals surface area (Å²) in [4.78, 5) is 28.8. The Bertz CT molecular complexity index is 799. The van der Waals surface area contributed by atoms with Gasteiger partial charge in [-0.25, -0.2) is 0 Å². The fourth-order valence-corrected chi connectivity index (χ4v) is 3.52. The molecule has 0 N–H and O–H groups in total. The minimum atomic E-state index is 0.00918. The highest BCUT2D eigenvalue weighted by Gasteiger charge is 2.24. The molecule has 1 fully saturated rings. The quantitative estimate of drug-likeness (QED) is 0.730. The molecule has 2 amide bonds. The van der Waals surface area contributed by atoms with E-state index in [1.54, 1.807) is 0 Å². The van der Waals surface area contributed by atoms with Crippen molar-refractivity contribution < 1.29 is 14.3 Å². The fourth-order valence-electron chi connectivity index (χ4n) is 3.12. The molecule has 0 unspecified atom stereocenters. The number of rotatable bonds is 5. The van der Waals surface area contributed by atoms with Crippen molar-refractivity contribution >= 4 is 27.7 Å². The largest absolute Gasteiger partial charge is 0.494 e. The number of nitrogens with zero attached hydrogens (tertiary/aromatic N) is 2. The molecule has 0 radical (unpaired) electrons. The van der Waals surface area contributed by atoms with Gasteiger partial charge in [0.1, 0.15) is 5.75 Å². The minimum Gasteiger partial charge on any atom is -0.494 e. The summed E-state index contributed by atoms with van der Waals surface area (Å²) in [5.74, 6) is 0.914. The number of carbonyl (C=O) groups excluding carboxylic acids is 2. The predicted octanol–water partition coefficient (Wildman–Crippen LogP) is 3.37. The van der Waals surface area contributed by atoms with Crippen LogP contribution in [0.25, 0.3) is 0 Å². The maximum Gasteiger partial charge on any atom is 0.254 e. The molecule has 2 aromatic rings. The molecule has 6 heteroatoms. The molecule has 142 valence electrons. The molecule has 0 atom stereocenters. The molecule has 0 aromatic heterocycles. The van der Waals surface area contributed by atoms with E-state index in [0.29, 0.717) is 44.8 Å². The zero-order chi connectivity index (χ0) is 19.2. The van der Waals surface area contributed by atoms with Crippen LogP contribution in [0.1, 0.15) is 22.8 Å². The van der Waals surface area contributed by atoms with Gasteiger partial charge in [-0.15, -0.1) is 0 Å². The molecular weight excluding hydrogens is 408 g/mol. The topological polar surface area (TPSA) is 49.9 Å². The molecule has 0 bridgehead atoms. The van der Waals surface area contributed by atoms with Crippen molar-refractivity contribution in [1.29, 1.82) is 0 Å². The number of hydrogen-bond acceptors (Lipinski definition) is 3. The van der Waals surface area contributed by atoms with Gasteiger partial charge in [-0.1, -0.05) is 34.1 Å². The van der Waals surface area contributed by atoms with E-state index in [9.17, 15) is 9.59 Å². The highest BCUT2D eigenvalue weighted by molar-refractivity contribution is 9.10. The third kappa shape index (κ3) is 5.10. The third-order valence-electron chi connectivity index (χ3n) is 4.58. The van der Waals surface area contributed by atoms with Crippen molar-refractivity contribution in [3.63, 3.8) is 0 Å². The molecular formula is C21H23BrN2O3. The summed E-state index contributed by atoms with van der Waals surface area (Å²) >= 11 is 3.40. The second-order valence-electron chi connectivity index (χ2n) is 6.44. The Hall–Kier alpha value is -2.34. The first kappa shape index (κ1) is 19.4. The van der Waals surface area contributed by atoms with Crippen molar-refractivity contribution in [2.24, 2.45) is 0 Å². The Balaban J connectivity index is 1.52. The maximum absolute atomic E-state index is 12.6. The second-order valence-corrected chi connectivity index (χ2v) is 7.35. The Morgan fingerprint density at radius 2 is 1.67 bits per heavy atom. The van der Waals surface area contributed by atoms with Crippen molar-refractivity contribution in [1.82, 2.24) is 9.80 Å². The van der Waals surface area contributed by atoms with Gasteiger partial charge >= 0.3 is 0 Å². The lowest BCUT2D eigenvalue weighted by Crippen LogP contribution is -2.51. The summed E-state index contributed by atoms with van der Waals surface area (Å²) in [6.07, 6.45) is 0.367. The zero-order valence-electron chi connectivity index (χ0n) is 15.4. The number of halogens is 1. The van der Waals surface area contributed by atoms with Crippen molar-refractivity contribution in [3.8, 4) is 5.75 Å². The van der Waals surface area contributed by atoms with Crippen LogP contribution in [0.15, 0.2) is 53.0 Å². The third-order valence-corrected chi connectivity index (χ3v) is 5.07. The van der Waals surface area contributed by atoms with Gasteiger partial charge in [0.15, 0.2) is 0 Å². The van der Waals surface area contributed by atoms with E-state index < -0.39 is 0 Å². The number of piperazine rings is 1. The number of amides is 2. The standard InChI is InChI=1S/C21H23BrN2O3/c1-2-27-19-8-6-16(7-9-19)14-20(25)23-10-12-24(13-11-23)21(26)17-4-3-5-18(22)15-17/h3-9,15H,2,10-14H2,1H3. The normalized spacial score (nSPS) is 14.1. The minimum absolute atomic E-state index is 0.00918. The molecule has 0 aliphatic carbocycles. The van der Waals surface area contributed by atoms with Crippen LogP contribution in [0.2, 0.25) is 0 Å². The first-order valence-corrected chi connectivity index (χ1v) is 9.90. The SMILES string of the molecule is CCOc1ccc(CC(=O)N2CCN(C(=O)c3cccc(Br)c3)CC2)cc1. The summed E-state index contributed by atoms with van der Waals surface area (Å²) in [7, 11) is 0. The summed E-state index contributed by atoms with van der Waals surface area (Å²) in [6.45, 7) is 4.81.